The predicted octanol–water partition coefficient (Wildman–Crippen LogP) is 0.474. The van der Waals surface area contributed by atoms with E-state index in [1.54, 1.807) is 18.3 Å². The molecule has 80 valence electrons. The van der Waals surface area contributed by atoms with Crippen molar-refractivity contribution < 1.29 is 14.3 Å². The molecule has 0 aromatic carbocycles. The van der Waals surface area contributed by atoms with E-state index in [0.29, 0.717) is 5.69 Å². The van der Waals surface area contributed by atoms with Gasteiger partial charge in [-0.2, -0.15) is 0 Å². The largest absolute Gasteiger partial charge is 0.452 e. The molecule has 0 radical (unpaired) electrons. The Morgan fingerprint density at radius 2 is 2.20 bits per heavy atom. The van der Waals surface area contributed by atoms with Crippen LogP contribution < -0.4 is 16.2 Å². The monoisotopic (exact) mass is 210 g/mol. The molecule has 15 heavy (non-hydrogen) atoms. The van der Waals surface area contributed by atoms with Crippen LogP contribution in [0.2, 0.25) is 0 Å². The molecule has 0 unspecified atom stereocenters. The van der Waals surface area contributed by atoms with E-state index in [0.717, 1.165) is 0 Å². The van der Waals surface area contributed by atoms with Crippen LogP contribution in [0.1, 0.15) is 0 Å². The normalized spacial score (nSPS) is 8.87. The minimum absolute atomic E-state index is 0.515. The highest BCUT2D eigenvalue weighted by Crippen LogP contribution is 2.01. The van der Waals surface area contributed by atoms with Crippen molar-refractivity contribution in [2.24, 2.45) is 0 Å². The quantitative estimate of drug-likeness (QED) is 0.587. The Hall–Kier alpha value is -2.31. The highest BCUT2D eigenvalue weighted by Gasteiger charge is 2.02. The Balaban J connectivity index is 2.34. The van der Waals surface area contributed by atoms with Crippen LogP contribution in [-0.2, 0) is 4.74 Å². The van der Waals surface area contributed by atoms with Gasteiger partial charge in [-0.1, -0.05) is 0 Å². The first-order valence-electron chi connectivity index (χ1n) is 4.03. The lowest BCUT2D eigenvalue weighted by molar-refractivity contribution is 0.166. The first kappa shape index (κ1) is 10.8. The maximum Gasteiger partial charge on any atom is 0.425 e. The number of rotatable bonds is 1. The van der Waals surface area contributed by atoms with Gasteiger partial charge in [0, 0.05) is 6.20 Å². The van der Waals surface area contributed by atoms with Gasteiger partial charge in [0.05, 0.1) is 19.0 Å². The molecule has 0 spiro atoms. The van der Waals surface area contributed by atoms with Crippen molar-refractivity contribution in [2.45, 2.75) is 0 Å². The van der Waals surface area contributed by atoms with Crippen LogP contribution >= 0.6 is 0 Å². The zero-order valence-corrected chi connectivity index (χ0v) is 7.98. The van der Waals surface area contributed by atoms with Crippen LogP contribution in [0.15, 0.2) is 24.5 Å². The number of hydrazine groups is 1. The molecule has 0 saturated carbocycles. The van der Waals surface area contributed by atoms with Gasteiger partial charge in [0.15, 0.2) is 0 Å². The van der Waals surface area contributed by atoms with Crippen molar-refractivity contribution in [1.29, 1.82) is 0 Å². The zero-order chi connectivity index (χ0) is 11.1. The number of carbonyl (C=O) groups is 2. The van der Waals surface area contributed by atoms with Gasteiger partial charge in [0.2, 0.25) is 0 Å². The predicted molar refractivity (Wildman–Crippen MR) is 51.9 cm³/mol. The molecule has 7 nitrogen and oxygen atoms in total. The lowest BCUT2D eigenvalue weighted by Crippen LogP contribution is -2.43. The number of anilines is 1. The van der Waals surface area contributed by atoms with E-state index in [9.17, 15) is 9.59 Å². The molecule has 0 fully saturated rings. The number of methoxy groups -OCH3 is 1. The van der Waals surface area contributed by atoms with E-state index in [1.165, 1.54) is 13.3 Å². The van der Waals surface area contributed by atoms with Crippen molar-refractivity contribution in [1.82, 2.24) is 15.8 Å². The third kappa shape index (κ3) is 3.94. The lowest BCUT2D eigenvalue weighted by Gasteiger charge is -2.07. The summed E-state index contributed by atoms with van der Waals surface area (Å²) >= 11 is 0. The summed E-state index contributed by atoms with van der Waals surface area (Å²) < 4.78 is 4.25. The molecule has 0 atom stereocenters. The molecule has 1 rings (SSSR count). The van der Waals surface area contributed by atoms with E-state index < -0.39 is 12.1 Å². The summed E-state index contributed by atoms with van der Waals surface area (Å²) in [5.74, 6) is 0. The van der Waals surface area contributed by atoms with Gasteiger partial charge in [-0.15, -0.1) is 0 Å². The van der Waals surface area contributed by atoms with Crippen LogP contribution in [-0.4, -0.2) is 24.2 Å². The summed E-state index contributed by atoms with van der Waals surface area (Å²) in [7, 11) is 1.19. The number of nitrogens with zero attached hydrogens (tertiary/aromatic N) is 1. The Kier molecular flexibility index (Phi) is 3.90. The molecule has 0 aliphatic carbocycles. The number of ether oxygens (including phenoxy) is 1. The molecule has 0 aliphatic heterocycles. The molecule has 3 N–H and O–H groups in total. The smallest absolute Gasteiger partial charge is 0.425 e. The Labute approximate surface area is 85.8 Å². The van der Waals surface area contributed by atoms with E-state index in [4.69, 9.17) is 0 Å². The number of hydrogen-bond donors (Lipinski definition) is 3. The van der Waals surface area contributed by atoms with Crippen molar-refractivity contribution in [3.8, 4) is 0 Å². The van der Waals surface area contributed by atoms with Gasteiger partial charge in [-0.05, 0) is 12.1 Å². The first-order chi connectivity index (χ1) is 7.22. The van der Waals surface area contributed by atoms with Crippen LogP contribution in [0, 0.1) is 0 Å². The fraction of sp³-hybridized carbons (Fsp3) is 0.125. The molecular formula is C8H10N4O3. The summed E-state index contributed by atoms with van der Waals surface area (Å²) in [5.41, 5.74) is 4.60. The van der Waals surface area contributed by atoms with Crippen molar-refractivity contribution in [3.63, 3.8) is 0 Å². The molecular weight excluding hydrogens is 200 g/mol. The van der Waals surface area contributed by atoms with Gasteiger partial charge in [-0.3, -0.25) is 4.98 Å². The molecule has 1 aromatic rings. The molecule has 0 saturated heterocycles. The van der Waals surface area contributed by atoms with Gasteiger partial charge < -0.3 is 10.1 Å². The molecule has 7 heteroatoms. The number of pyridine rings is 1. The second-order valence-corrected chi connectivity index (χ2v) is 2.44. The first-order valence-corrected chi connectivity index (χ1v) is 4.03. The average molecular weight is 210 g/mol. The number of carbonyl (C=O) groups excluding carboxylic acids is 2. The third-order valence-electron chi connectivity index (χ3n) is 1.38. The van der Waals surface area contributed by atoms with Gasteiger partial charge >= 0.3 is 12.1 Å². The number of hydrogen-bond acceptors (Lipinski definition) is 4. The van der Waals surface area contributed by atoms with Crippen LogP contribution in [0.5, 0.6) is 0 Å². The van der Waals surface area contributed by atoms with Gasteiger partial charge in [-0.25, -0.2) is 20.4 Å². The van der Waals surface area contributed by atoms with Gasteiger partial charge in [0.25, 0.3) is 0 Å². The lowest BCUT2D eigenvalue weighted by atomic mass is 10.4. The van der Waals surface area contributed by atoms with Crippen LogP contribution in [0.4, 0.5) is 15.3 Å². The Bertz CT molecular complexity index is 341. The summed E-state index contributed by atoms with van der Waals surface area (Å²) in [6, 6.07) is 2.74. The SMILES string of the molecule is COC(=O)NNC(=O)Nc1cccnc1. The topological polar surface area (TPSA) is 92.4 Å². The van der Waals surface area contributed by atoms with Crippen molar-refractivity contribution >= 4 is 17.8 Å². The fourth-order valence-electron chi connectivity index (χ4n) is 0.758. The molecule has 0 aliphatic rings. The molecule has 3 amide bonds. The maximum atomic E-state index is 11.1. The number of amides is 3. The van der Waals surface area contributed by atoms with E-state index in [-0.39, 0.29) is 0 Å². The highest BCUT2D eigenvalue weighted by atomic mass is 16.5. The minimum atomic E-state index is -0.753. The summed E-state index contributed by atoms with van der Waals surface area (Å²) in [6.07, 6.45) is 2.30. The number of nitrogens with one attached hydrogen (secondary N) is 3. The maximum absolute atomic E-state index is 11.1. The summed E-state index contributed by atoms with van der Waals surface area (Å²) in [4.78, 5) is 25.5. The van der Waals surface area contributed by atoms with E-state index in [2.05, 4.69) is 20.5 Å². The fourth-order valence-corrected chi connectivity index (χ4v) is 0.758. The number of aromatic nitrogens is 1. The van der Waals surface area contributed by atoms with Crippen molar-refractivity contribution in [2.75, 3.05) is 12.4 Å². The standard InChI is InChI=1S/C8H10N4O3/c1-15-8(14)12-11-7(13)10-6-3-2-4-9-5-6/h2-5H,1H3,(H,12,14)(H2,10,11,13). The molecule has 1 aromatic heterocycles. The third-order valence-corrected chi connectivity index (χ3v) is 1.38. The Morgan fingerprint density at radius 3 is 2.80 bits per heavy atom. The summed E-state index contributed by atoms with van der Waals surface area (Å²) in [5, 5.41) is 2.44. The highest BCUT2D eigenvalue weighted by molar-refractivity contribution is 5.89. The second kappa shape index (κ2) is 5.43. The van der Waals surface area contributed by atoms with E-state index >= 15 is 0 Å². The molecule has 0 bridgehead atoms. The zero-order valence-electron chi connectivity index (χ0n) is 7.98. The Morgan fingerprint density at radius 1 is 1.40 bits per heavy atom. The summed E-state index contributed by atoms with van der Waals surface area (Å²) in [6.45, 7) is 0. The van der Waals surface area contributed by atoms with Crippen LogP contribution in [0.25, 0.3) is 0 Å². The van der Waals surface area contributed by atoms with Crippen LogP contribution in [0.3, 0.4) is 0 Å². The van der Waals surface area contributed by atoms with Crippen molar-refractivity contribution in [3.05, 3.63) is 24.5 Å². The second-order valence-electron chi connectivity index (χ2n) is 2.44. The number of urea groups is 1. The van der Waals surface area contributed by atoms with Gasteiger partial charge in [0.1, 0.15) is 0 Å². The molecule has 1 heterocycles. The average Bonchev–Trinajstić information content (AvgIpc) is 2.27. The minimum Gasteiger partial charge on any atom is -0.452 e. The van der Waals surface area contributed by atoms with E-state index in [1.807, 2.05) is 5.43 Å².